The standard InChI is InChI=1S/C13H11F2N3O4S/c1-22-10-5-9(12(16)19)17-13(18-10)23(20,21)6-7-3-2-4-8(14)11(7)15/h2-5H,6H2,1H3,(H2,16,19). The Bertz CT molecular complexity index is 872. The summed E-state index contributed by atoms with van der Waals surface area (Å²) in [5, 5.41) is -0.769. The summed E-state index contributed by atoms with van der Waals surface area (Å²) in [6, 6.07) is 4.21. The molecule has 1 heterocycles. The van der Waals surface area contributed by atoms with Crippen LogP contribution in [0.3, 0.4) is 0 Å². The summed E-state index contributed by atoms with van der Waals surface area (Å²) in [5.74, 6) is -4.54. The van der Waals surface area contributed by atoms with E-state index in [2.05, 4.69) is 9.97 Å². The highest BCUT2D eigenvalue weighted by Gasteiger charge is 2.24. The van der Waals surface area contributed by atoms with E-state index >= 15 is 0 Å². The number of hydrogen-bond donors (Lipinski definition) is 1. The lowest BCUT2D eigenvalue weighted by Crippen LogP contribution is -2.18. The van der Waals surface area contributed by atoms with Gasteiger partial charge in [-0.3, -0.25) is 4.79 Å². The first-order chi connectivity index (χ1) is 10.7. The van der Waals surface area contributed by atoms with E-state index in [0.717, 1.165) is 18.2 Å². The molecule has 1 amide bonds. The lowest BCUT2D eigenvalue weighted by atomic mass is 10.2. The zero-order chi connectivity index (χ0) is 17.2. The van der Waals surface area contributed by atoms with Gasteiger partial charge >= 0.3 is 0 Å². The molecule has 0 fully saturated rings. The molecule has 2 N–H and O–H groups in total. The van der Waals surface area contributed by atoms with Crippen LogP contribution in [0.25, 0.3) is 0 Å². The van der Waals surface area contributed by atoms with Crippen molar-refractivity contribution >= 4 is 15.7 Å². The predicted molar refractivity (Wildman–Crippen MR) is 74.3 cm³/mol. The highest BCUT2D eigenvalue weighted by Crippen LogP contribution is 2.20. The maximum atomic E-state index is 13.6. The highest BCUT2D eigenvalue weighted by atomic mass is 32.2. The van der Waals surface area contributed by atoms with E-state index in [-0.39, 0.29) is 11.6 Å². The fourth-order valence-corrected chi connectivity index (χ4v) is 2.93. The van der Waals surface area contributed by atoms with E-state index in [1.165, 1.54) is 13.2 Å². The van der Waals surface area contributed by atoms with Gasteiger partial charge in [-0.15, -0.1) is 0 Å². The van der Waals surface area contributed by atoms with Crippen molar-refractivity contribution in [1.29, 1.82) is 0 Å². The van der Waals surface area contributed by atoms with Gasteiger partial charge in [0.2, 0.25) is 15.7 Å². The minimum atomic E-state index is -4.26. The summed E-state index contributed by atoms with van der Waals surface area (Å²) >= 11 is 0. The van der Waals surface area contributed by atoms with Crippen molar-refractivity contribution in [3.05, 3.63) is 47.2 Å². The zero-order valence-electron chi connectivity index (χ0n) is 11.8. The molecule has 7 nitrogen and oxygen atoms in total. The van der Waals surface area contributed by atoms with Gasteiger partial charge in [0, 0.05) is 11.6 Å². The predicted octanol–water partition coefficient (Wildman–Crippen LogP) is 0.836. The van der Waals surface area contributed by atoms with Gasteiger partial charge in [-0.05, 0) is 6.07 Å². The molecule has 0 spiro atoms. The van der Waals surface area contributed by atoms with Crippen molar-refractivity contribution in [3.8, 4) is 5.88 Å². The Labute approximate surface area is 130 Å². The first-order valence-electron chi connectivity index (χ1n) is 6.13. The quantitative estimate of drug-likeness (QED) is 0.805. The minimum absolute atomic E-state index is 0.202. The second kappa shape index (κ2) is 6.24. The number of primary amides is 1. The third kappa shape index (κ3) is 3.59. The number of hydrogen-bond acceptors (Lipinski definition) is 6. The van der Waals surface area contributed by atoms with Crippen LogP contribution in [0.1, 0.15) is 16.1 Å². The van der Waals surface area contributed by atoms with Crippen molar-refractivity contribution in [3.63, 3.8) is 0 Å². The smallest absolute Gasteiger partial charge is 0.267 e. The molecule has 10 heteroatoms. The van der Waals surface area contributed by atoms with Crippen LogP contribution in [0.4, 0.5) is 8.78 Å². The number of carbonyl (C=O) groups is 1. The van der Waals surface area contributed by atoms with Gasteiger partial charge < -0.3 is 10.5 Å². The normalized spacial score (nSPS) is 11.3. The number of methoxy groups -OCH3 is 1. The van der Waals surface area contributed by atoms with E-state index in [1.54, 1.807) is 0 Å². The summed E-state index contributed by atoms with van der Waals surface area (Å²) in [7, 11) is -3.05. The maximum Gasteiger partial charge on any atom is 0.267 e. The maximum absolute atomic E-state index is 13.6. The average Bonchev–Trinajstić information content (AvgIpc) is 2.51. The topological polar surface area (TPSA) is 112 Å². The van der Waals surface area contributed by atoms with Crippen LogP contribution in [0.2, 0.25) is 0 Å². The molecule has 0 unspecified atom stereocenters. The molecule has 0 aliphatic heterocycles. The molecule has 0 saturated carbocycles. The largest absolute Gasteiger partial charge is 0.481 e. The van der Waals surface area contributed by atoms with Crippen molar-refractivity contribution in [2.24, 2.45) is 5.73 Å². The van der Waals surface area contributed by atoms with Gasteiger partial charge in [-0.2, -0.15) is 4.98 Å². The monoisotopic (exact) mass is 343 g/mol. The Morgan fingerprint density at radius 3 is 2.61 bits per heavy atom. The van der Waals surface area contributed by atoms with E-state index < -0.39 is 43.9 Å². The number of rotatable bonds is 5. The molecule has 0 atom stereocenters. The van der Waals surface area contributed by atoms with E-state index in [4.69, 9.17) is 10.5 Å². The van der Waals surface area contributed by atoms with Crippen LogP contribution in [-0.2, 0) is 15.6 Å². The highest BCUT2D eigenvalue weighted by molar-refractivity contribution is 7.90. The Hall–Kier alpha value is -2.62. The van der Waals surface area contributed by atoms with Crippen LogP contribution < -0.4 is 10.5 Å². The lowest BCUT2D eigenvalue weighted by Gasteiger charge is -2.07. The molecular weight excluding hydrogens is 332 g/mol. The van der Waals surface area contributed by atoms with Gasteiger partial charge in [0.15, 0.2) is 11.6 Å². The van der Waals surface area contributed by atoms with Crippen molar-refractivity contribution in [2.45, 2.75) is 10.9 Å². The van der Waals surface area contributed by atoms with Crippen molar-refractivity contribution in [1.82, 2.24) is 9.97 Å². The van der Waals surface area contributed by atoms with Crippen LogP contribution in [0, 0.1) is 11.6 Å². The first kappa shape index (κ1) is 16.7. The van der Waals surface area contributed by atoms with Gasteiger partial charge in [0.25, 0.3) is 11.1 Å². The molecule has 1 aromatic carbocycles. The molecule has 2 rings (SSSR count). The second-order valence-corrected chi connectivity index (χ2v) is 6.30. The number of benzene rings is 1. The number of amides is 1. The van der Waals surface area contributed by atoms with Gasteiger partial charge in [-0.25, -0.2) is 22.2 Å². The molecule has 0 aliphatic rings. The number of carbonyl (C=O) groups excluding carboxylic acids is 1. The average molecular weight is 343 g/mol. The van der Waals surface area contributed by atoms with Crippen LogP contribution >= 0.6 is 0 Å². The Balaban J connectivity index is 2.49. The fourth-order valence-electron chi connectivity index (χ4n) is 1.70. The zero-order valence-corrected chi connectivity index (χ0v) is 12.6. The van der Waals surface area contributed by atoms with Crippen LogP contribution in [-0.4, -0.2) is 31.4 Å². The molecule has 0 bridgehead atoms. The van der Waals surface area contributed by atoms with E-state index in [9.17, 15) is 22.0 Å². The molecule has 23 heavy (non-hydrogen) atoms. The van der Waals surface area contributed by atoms with Crippen molar-refractivity contribution < 1.29 is 26.7 Å². The third-order valence-electron chi connectivity index (χ3n) is 2.80. The van der Waals surface area contributed by atoms with Crippen LogP contribution in [0.15, 0.2) is 29.4 Å². The van der Waals surface area contributed by atoms with Crippen LogP contribution in [0.5, 0.6) is 5.88 Å². The molecule has 122 valence electrons. The lowest BCUT2D eigenvalue weighted by molar-refractivity contribution is 0.0994. The summed E-state index contributed by atoms with van der Waals surface area (Å²) in [6.45, 7) is 0. The summed E-state index contributed by atoms with van der Waals surface area (Å²) < 4.78 is 56.1. The molecule has 0 saturated heterocycles. The van der Waals surface area contributed by atoms with Gasteiger partial charge in [-0.1, -0.05) is 12.1 Å². The number of halogens is 2. The number of aromatic nitrogens is 2. The van der Waals surface area contributed by atoms with Gasteiger partial charge in [0.05, 0.1) is 12.9 Å². The molecule has 2 aromatic rings. The first-order valence-corrected chi connectivity index (χ1v) is 7.78. The van der Waals surface area contributed by atoms with Gasteiger partial charge in [0.1, 0.15) is 5.69 Å². The minimum Gasteiger partial charge on any atom is -0.481 e. The molecule has 0 aliphatic carbocycles. The molecule has 1 aromatic heterocycles. The number of sulfone groups is 1. The van der Waals surface area contributed by atoms with E-state index in [1.807, 2.05) is 0 Å². The summed E-state index contributed by atoms with van der Waals surface area (Å²) in [5.41, 5.74) is 4.29. The number of nitrogens with zero attached hydrogens (tertiary/aromatic N) is 2. The summed E-state index contributed by atoms with van der Waals surface area (Å²) in [4.78, 5) is 18.3. The second-order valence-electron chi connectivity index (χ2n) is 4.41. The number of ether oxygens (including phenoxy) is 1. The van der Waals surface area contributed by atoms with Crippen molar-refractivity contribution in [2.75, 3.05) is 7.11 Å². The Kier molecular flexibility index (Phi) is 4.55. The SMILES string of the molecule is COc1cc(C(N)=O)nc(S(=O)(=O)Cc2cccc(F)c2F)n1. The third-order valence-corrected chi connectivity index (χ3v) is 4.23. The molecule has 0 radical (unpaired) electrons. The fraction of sp³-hybridized carbons (Fsp3) is 0.154. The van der Waals surface area contributed by atoms with E-state index in [0.29, 0.717) is 0 Å². The Morgan fingerprint density at radius 2 is 2.00 bits per heavy atom. The Morgan fingerprint density at radius 1 is 1.30 bits per heavy atom. The number of nitrogens with two attached hydrogens (primary N) is 1. The summed E-state index contributed by atoms with van der Waals surface area (Å²) in [6.07, 6.45) is 0. The molecular formula is C13H11F2N3O4S.